The number of rotatable bonds is 5. The van der Waals surface area contributed by atoms with Gasteiger partial charge < -0.3 is 4.74 Å². The first-order valence-corrected chi connectivity index (χ1v) is 10.4. The van der Waals surface area contributed by atoms with Crippen molar-refractivity contribution in [2.75, 3.05) is 33.4 Å². The van der Waals surface area contributed by atoms with E-state index in [0.717, 1.165) is 12.1 Å². The third-order valence-electron chi connectivity index (χ3n) is 5.14. The second kappa shape index (κ2) is 7.95. The van der Waals surface area contributed by atoms with Gasteiger partial charge in [-0.3, -0.25) is 4.90 Å². The van der Waals surface area contributed by atoms with E-state index in [-0.39, 0.29) is 0 Å². The molecule has 0 amide bonds. The smallest absolute Gasteiger partial charge is 0.243 e. The van der Waals surface area contributed by atoms with Crippen LogP contribution in [-0.4, -0.2) is 57.0 Å². The van der Waals surface area contributed by atoms with Crippen molar-refractivity contribution in [1.82, 2.24) is 9.21 Å². The Hall–Kier alpha value is -0.950. The molecule has 134 valence electrons. The van der Waals surface area contributed by atoms with Crippen molar-refractivity contribution in [1.29, 1.82) is 0 Å². The van der Waals surface area contributed by atoms with Crippen molar-refractivity contribution in [3.63, 3.8) is 0 Å². The van der Waals surface area contributed by atoms with Crippen LogP contribution in [0.3, 0.4) is 0 Å². The molecule has 0 N–H and O–H groups in total. The van der Waals surface area contributed by atoms with E-state index in [0.29, 0.717) is 37.2 Å². The van der Waals surface area contributed by atoms with Gasteiger partial charge in [-0.25, -0.2) is 8.42 Å². The van der Waals surface area contributed by atoms with Gasteiger partial charge in [-0.2, -0.15) is 4.31 Å². The second-order valence-electron chi connectivity index (χ2n) is 6.87. The van der Waals surface area contributed by atoms with E-state index >= 15 is 0 Å². The molecular formula is C18H28N2O3S. The van der Waals surface area contributed by atoms with Crippen LogP contribution in [0.2, 0.25) is 0 Å². The molecule has 1 aliphatic heterocycles. The maximum absolute atomic E-state index is 12.8. The quantitative estimate of drug-likeness (QED) is 0.817. The lowest BCUT2D eigenvalue weighted by Gasteiger charge is -2.31. The van der Waals surface area contributed by atoms with Gasteiger partial charge in [-0.05, 0) is 37.6 Å². The first kappa shape index (κ1) is 17.9. The van der Waals surface area contributed by atoms with Gasteiger partial charge in [-0.15, -0.1) is 0 Å². The minimum Gasteiger partial charge on any atom is -0.379 e. The molecule has 0 atom stereocenters. The summed E-state index contributed by atoms with van der Waals surface area (Å²) in [6.45, 7) is 2.63. The van der Waals surface area contributed by atoms with E-state index in [1.165, 1.54) is 36.4 Å². The number of hydrogen-bond acceptors (Lipinski definition) is 4. The highest BCUT2D eigenvalue weighted by molar-refractivity contribution is 7.89. The Kier molecular flexibility index (Phi) is 5.92. The number of benzene rings is 1. The van der Waals surface area contributed by atoms with Crippen molar-refractivity contribution in [3.05, 3.63) is 29.8 Å². The predicted molar refractivity (Wildman–Crippen MR) is 94.4 cm³/mol. The van der Waals surface area contributed by atoms with Crippen LogP contribution in [0, 0.1) is 0 Å². The fraction of sp³-hybridized carbons (Fsp3) is 0.667. The molecule has 0 bridgehead atoms. The van der Waals surface area contributed by atoms with Crippen LogP contribution in [0.15, 0.2) is 29.2 Å². The highest BCUT2D eigenvalue weighted by Gasteiger charge is 2.26. The molecule has 24 heavy (non-hydrogen) atoms. The van der Waals surface area contributed by atoms with Gasteiger partial charge in [0.1, 0.15) is 0 Å². The average Bonchev–Trinajstić information content (AvgIpc) is 2.63. The zero-order valence-electron chi connectivity index (χ0n) is 14.5. The molecule has 1 aliphatic carbocycles. The van der Waals surface area contributed by atoms with E-state index in [4.69, 9.17) is 4.74 Å². The molecule has 1 aromatic carbocycles. The molecule has 0 aromatic heterocycles. The summed E-state index contributed by atoms with van der Waals surface area (Å²) in [6, 6.07) is 8.05. The molecule has 0 unspecified atom stereocenters. The van der Waals surface area contributed by atoms with E-state index in [1.54, 1.807) is 6.07 Å². The summed E-state index contributed by atoms with van der Waals surface area (Å²) in [5.74, 6) is 0. The Balaban J connectivity index is 1.71. The lowest BCUT2D eigenvalue weighted by atomic mass is 9.94. The molecule has 2 fully saturated rings. The van der Waals surface area contributed by atoms with Gasteiger partial charge in [0.05, 0.1) is 18.1 Å². The van der Waals surface area contributed by atoms with Crippen LogP contribution in [-0.2, 0) is 21.3 Å². The number of nitrogens with zero attached hydrogens (tertiary/aromatic N) is 2. The van der Waals surface area contributed by atoms with E-state index in [1.807, 2.05) is 18.2 Å². The summed E-state index contributed by atoms with van der Waals surface area (Å²) in [5, 5.41) is 0. The molecule has 0 radical (unpaired) electrons. The maximum Gasteiger partial charge on any atom is 0.243 e. The minimum atomic E-state index is -3.41. The molecule has 3 rings (SSSR count). The molecular weight excluding hydrogens is 324 g/mol. The van der Waals surface area contributed by atoms with Crippen LogP contribution in [0.25, 0.3) is 0 Å². The summed E-state index contributed by atoms with van der Waals surface area (Å²) in [4.78, 5) is 2.78. The van der Waals surface area contributed by atoms with E-state index < -0.39 is 10.0 Å². The third-order valence-corrected chi connectivity index (χ3v) is 7.03. The maximum atomic E-state index is 12.8. The van der Waals surface area contributed by atoms with Crippen LogP contribution < -0.4 is 0 Å². The summed E-state index contributed by atoms with van der Waals surface area (Å²) in [7, 11) is -1.26. The molecule has 1 aromatic rings. The Morgan fingerprint density at radius 1 is 1.17 bits per heavy atom. The van der Waals surface area contributed by atoms with E-state index in [9.17, 15) is 8.42 Å². The van der Waals surface area contributed by atoms with Gasteiger partial charge in [0, 0.05) is 25.7 Å². The standard InChI is InChI=1S/C18H28N2O3S/c1-19(17-7-3-2-4-8-17)15-16-6-5-9-18(14-16)24(21,22)20-10-12-23-13-11-20/h5-6,9,14,17H,2-4,7-8,10-13,15H2,1H3. The largest absolute Gasteiger partial charge is 0.379 e. The molecule has 1 saturated carbocycles. The van der Waals surface area contributed by atoms with Gasteiger partial charge >= 0.3 is 0 Å². The van der Waals surface area contributed by atoms with Crippen molar-refractivity contribution < 1.29 is 13.2 Å². The molecule has 2 aliphatic rings. The fourth-order valence-electron chi connectivity index (χ4n) is 3.68. The van der Waals surface area contributed by atoms with Crippen molar-refractivity contribution in [2.24, 2.45) is 0 Å². The van der Waals surface area contributed by atoms with Gasteiger partial charge in [0.25, 0.3) is 0 Å². The van der Waals surface area contributed by atoms with Crippen LogP contribution in [0.1, 0.15) is 37.7 Å². The highest BCUT2D eigenvalue weighted by Crippen LogP contribution is 2.24. The summed E-state index contributed by atoms with van der Waals surface area (Å²) in [6.07, 6.45) is 6.46. The van der Waals surface area contributed by atoms with Crippen LogP contribution in [0.5, 0.6) is 0 Å². The molecule has 1 heterocycles. The highest BCUT2D eigenvalue weighted by atomic mass is 32.2. The average molecular weight is 353 g/mol. The molecule has 1 saturated heterocycles. The minimum absolute atomic E-state index is 0.402. The molecule has 0 spiro atoms. The van der Waals surface area contributed by atoms with Crippen molar-refractivity contribution in [2.45, 2.75) is 49.6 Å². The predicted octanol–water partition coefficient (Wildman–Crippen LogP) is 2.47. The zero-order chi connectivity index (χ0) is 17.0. The van der Waals surface area contributed by atoms with Gasteiger partial charge in [0.15, 0.2) is 0 Å². The van der Waals surface area contributed by atoms with Crippen LogP contribution in [0.4, 0.5) is 0 Å². The summed E-state index contributed by atoms with van der Waals surface area (Å²) < 4.78 is 32.4. The number of sulfonamides is 1. The number of ether oxygens (including phenoxy) is 1. The monoisotopic (exact) mass is 352 g/mol. The van der Waals surface area contributed by atoms with Gasteiger partial charge in [-0.1, -0.05) is 31.4 Å². The lowest BCUT2D eigenvalue weighted by Crippen LogP contribution is -2.40. The second-order valence-corrected chi connectivity index (χ2v) is 8.81. The SMILES string of the molecule is CN(Cc1cccc(S(=O)(=O)N2CCOCC2)c1)C1CCCCC1. The number of morpholine rings is 1. The first-order chi connectivity index (χ1) is 11.6. The summed E-state index contributed by atoms with van der Waals surface area (Å²) >= 11 is 0. The zero-order valence-corrected chi connectivity index (χ0v) is 15.3. The lowest BCUT2D eigenvalue weighted by molar-refractivity contribution is 0.0730. The normalized spacial score (nSPS) is 21.2. The number of hydrogen-bond donors (Lipinski definition) is 0. The topological polar surface area (TPSA) is 49.9 Å². The molecule has 5 nitrogen and oxygen atoms in total. The first-order valence-electron chi connectivity index (χ1n) is 8.94. The summed E-state index contributed by atoms with van der Waals surface area (Å²) in [5.41, 5.74) is 1.07. The van der Waals surface area contributed by atoms with Crippen molar-refractivity contribution >= 4 is 10.0 Å². The van der Waals surface area contributed by atoms with E-state index in [2.05, 4.69) is 11.9 Å². The van der Waals surface area contributed by atoms with Crippen LogP contribution >= 0.6 is 0 Å². The van der Waals surface area contributed by atoms with Gasteiger partial charge in [0.2, 0.25) is 10.0 Å². The Morgan fingerprint density at radius 3 is 2.58 bits per heavy atom. The molecule has 6 heteroatoms. The Bertz CT molecular complexity index is 635. The fourth-order valence-corrected chi connectivity index (χ4v) is 5.16. The third kappa shape index (κ3) is 4.17. The Labute approximate surface area is 145 Å². The Morgan fingerprint density at radius 2 is 1.88 bits per heavy atom. The van der Waals surface area contributed by atoms with Crippen molar-refractivity contribution in [3.8, 4) is 0 Å².